The summed E-state index contributed by atoms with van der Waals surface area (Å²) < 4.78 is 2.25. The van der Waals surface area contributed by atoms with Gasteiger partial charge in [-0.25, -0.2) is 0 Å². The number of allylic oxidation sites excluding steroid dienone is 3. The van der Waals surface area contributed by atoms with E-state index < -0.39 is 11.8 Å². The molecule has 0 saturated carbocycles. The van der Waals surface area contributed by atoms with Crippen molar-refractivity contribution in [3.05, 3.63) is 83.2 Å². The van der Waals surface area contributed by atoms with Crippen LogP contribution >= 0.6 is 0 Å². The number of dihydropyridines is 1. The van der Waals surface area contributed by atoms with Crippen LogP contribution in [0.2, 0.25) is 0 Å². The van der Waals surface area contributed by atoms with Crippen LogP contribution in [-0.2, 0) is 22.6 Å². The van der Waals surface area contributed by atoms with E-state index in [0.29, 0.717) is 6.54 Å². The van der Waals surface area contributed by atoms with Crippen molar-refractivity contribution in [1.29, 1.82) is 0 Å². The molecular formula is C25H25N3O2. The topological polar surface area (TPSA) is 63.1 Å². The first-order valence-corrected chi connectivity index (χ1v) is 10.5. The summed E-state index contributed by atoms with van der Waals surface area (Å²) >= 11 is 0. The van der Waals surface area contributed by atoms with Crippen molar-refractivity contribution < 1.29 is 9.59 Å². The molecule has 2 atom stereocenters. The molecule has 1 aromatic heterocycles. The Kier molecular flexibility index (Phi) is 4.46. The number of para-hydroxylation sites is 1. The van der Waals surface area contributed by atoms with Gasteiger partial charge < -0.3 is 9.88 Å². The third-order valence-corrected chi connectivity index (χ3v) is 6.46. The van der Waals surface area contributed by atoms with Gasteiger partial charge in [-0.15, -0.1) is 0 Å². The smallest absolute Gasteiger partial charge is 0.235 e. The maximum atomic E-state index is 13.1. The normalized spacial score (nSPS) is 23.7. The molecule has 2 aromatic rings. The summed E-state index contributed by atoms with van der Waals surface area (Å²) in [6.45, 7) is 7.48. The standard InChI is InChI=1S/C25H25N3O2/c1-3-7-17-15(4-2)12-26-13-19(17)21-22(25(30)27-24(21)29)20-14-28-11-6-9-16-8-5-10-18(20)23(16)28/h3-5,7-8,10,13-14,21-22,26H,2,6,9,11-12H2,1H3,(H,27,29,30)/b7-3-/t21?,22-/m0/s1. The Hall–Kier alpha value is -3.34. The number of amides is 2. The second-order valence-electron chi connectivity index (χ2n) is 8.13. The SMILES string of the molecule is C=CC1=C(/C=C\C)C(C2C(=O)NC(=O)[C@H]2c2cn3c4c(cccc24)CCC3)=CNC1. The first-order chi connectivity index (χ1) is 14.6. The summed E-state index contributed by atoms with van der Waals surface area (Å²) in [4.78, 5) is 26.1. The monoisotopic (exact) mass is 399 g/mol. The lowest BCUT2D eigenvalue weighted by Gasteiger charge is -2.25. The van der Waals surface area contributed by atoms with Crippen LogP contribution in [0.5, 0.6) is 0 Å². The van der Waals surface area contributed by atoms with Gasteiger partial charge in [0.15, 0.2) is 0 Å². The molecule has 5 nitrogen and oxygen atoms in total. The maximum Gasteiger partial charge on any atom is 0.235 e. The minimum atomic E-state index is -0.574. The van der Waals surface area contributed by atoms with E-state index in [2.05, 4.69) is 46.2 Å². The fourth-order valence-corrected chi connectivity index (χ4v) is 5.19. The Balaban J connectivity index is 1.68. The van der Waals surface area contributed by atoms with Crippen LogP contribution in [-0.4, -0.2) is 22.9 Å². The Bertz CT molecular complexity index is 1180. The van der Waals surface area contributed by atoms with Crippen LogP contribution in [0.1, 0.15) is 30.4 Å². The highest BCUT2D eigenvalue weighted by Gasteiger charge is 2.47. The number of nitrogens with one attached hydrogen (secondary N) is 2. The molecule has 2 amide bonds. The van der Waals surface area contributed by atoms with E-state index in [0.717, 1.165) is 47.1 Å². The Morgan fingerprint density at radius 1 is 1.20 bits per heavy atom. The molecule has 1 fully saturated rings. The number of benzene rings is 1. The molecule has 1 saturated heterocycles. The minimum Gasteiger partial charge on any atom is -0.387 e. The van der Waals surface area contributed by atoms with Crippen molar-refractivity contribution in [2.24, 2.45) is 5.92 Å². The first kappa shape index (κ1) is 18.7. The highest BCUT2D eigenvalue weighted by molar-refractivity contribution is 6.11. The van der Waals surface area contributed by atoms with Gasteiger partial charge in [0.25, 0.3) is 0 Å². The number of aromatic nitrogens is 1. The van der Waals surface area contributed by atoms with E-state index in [1.54, 1.807) is 0 Å². The number of aryl methyl sites for hydroxylation is 2. The molecule has 3 aliphatic heterocycles. The van der Waals surface area contributed by atoms with E-state index >= 15 is 0 Å². The van der Waals surface area contributed by atoms with Gasteiger partial charge in [0.1, 0.15) is 0 Å². The number of imide groups is 1. The fourth-order valence-electron chi connectivity index (χ4n) is 5.19. The number of carbonyl (C=O) groups is 2. The minimum absolute atomic E-state index is 0.222. The molecule has 3 aliphatic rings. The van der Waals surface area contributed by atoms with Crippen molar-refractivity contribution in [2.45, 2.75) is 32.2 Å². The molecule has 1 aromatic carbocycles. The van der Waals surface area contributed by atoms with Gasteiger partial charge in [-0.3, -0.25) is 14.9 Å². The molecule has 4 heterocycles. The second kappa shape index (κ2) is 7.17. The number of carbonyl (C=O) groups excluding carboxylic acids is 2. The van der Waals surface area contributed by atoms with Gasteiger partial charge in [-0.05, 0) is 47.6 Å². The maximum absolute atomic E-state index is 13.1. The van der Waals surface area contributed by atoms with E-state index in [-0.39, 0.29) is 11.8 Å². The zero-order valence-electron chi connectivity index (χ0n) is 17.1. The largest absolute Gasteiger partial charge is 0.387 e. The molecule has 30 heavy (non-hydrogen) atoms. The number of hydrogen-bond donors (Lipinski definition) is 2. The van der Waals surface area contributed by atoms with Crippen LogP contribution < -0.4 is 10.6 Å². The molecule has 0 bridgehead atoms. The average molecular weight is 399 g/mol. The fraction of sp³-hybridized carbons (Fsp3) is 0.280. The van der Waals surface area contributed by atoms with E-state index in [1.807, 2.05) is 31.4 Å². The summed E-state index contributed by atoms with van der Waals surface area (Å²) in [7, 11) is 0. The highest BCUT2D eigenvalue weighted by Crippen LogP contribution is 2.43. The van der Waals surface area contributed by atoms with Gasteiger partial charge in [-0.1, -0.05) is 43.0 Å². The molecule has 0 aliphatic carbocycles. The zero-order chi connectivity index (χ0) is 20.8. The van der Waals surface area contributed by atoms with Gasteiger partial charge in [0.05, 0.1) is 17.4 Å². The van der Waals surface area contributed by atoms with Crippen LogP contribution in [0.4, 0.5) is 0 Å². The molecule has 152 valence electrons. The lowest BCUT2D eigenvalue weighted by Crippen LogP contribution is -2.27. The molecule has 2 N–H and O–H groups in total. The number of rotatable bonds is 4. The Morgan fingerprint density at radius 3 is 2.83 bits per heavy atom. The summed E-state index contributed by atoms with van der Waals surface area (Å²) in [6, 6.07) is 6.30. The predicted octanol–water partition coefficient (Wildman–Crippen LogP) is 3.49. The van der Waals surface area contributed by atoms with Crippen molar-refractivity contribution in [3.63, 3.8) is 0 Å². The van der Waals surface area contributed by atoms with Crippen LogP contribution in [0.25, 0.3) is 10.9 Å². The summed E-state index contributed by atoms with van der Waals surface area (Å²) in [6.07, 6.45) is 11.9. The molecule has 5 rings (SSSR count). The average Bonchev–Trinajstić information content (AvgIpc) is 3.26. The van der Waals surface area contributed by atoms with Crippen molar-refractivity contribution in [2.75, 3.05) is 6.54 Å². The van der Waals surface area contributed by atoms with Gasteiger partial charge in [0.2, 0.25) is 11.8 Å². The summed E-state index contributed by atoms with van der Waals surface area (Å²) in [5.74, 6) is -1.58. The van der Waals surface area contributed by atoms with Crippen LogP contribution in [0.3, 0.4) is 0 Å². The van der Waals surface area contributed by atoms with Crippen LogP contribution in [0.15, 0.2) is 72.1 Å². The summed E-state index contributed by atoms with van der Waals surface area (Å²) in [5.41, 5.74) is 6.30. The molecule has 5 heteroatoms. The van der Waals surface area contributed by atoms with E-state index in [9.17, 15) is 9.59 Å². The van der Waals surface area contributed by atoms with E-state index in [4.69, 9.17) is 0 Å². The zero-order valence-corrected chi connectivity index (χ0v) is 17.1. The lowest BCUT2D eigenvalue weighted by atomic mass is 9.78. The highest BCUT2D eigenvalue weighted by atomic mass is 16.2. The Morgan fingerprint density at radius 2 is 2.03 bits per heavy atom. The number of hydrogen-bond acceptors (Lipinski definition) is 3. The second-order valence-corrected chi connectivity index (χ2v) is 8.13. The lowest BCUT2D eigenvalue weighted by molar-refractivity contribution is -0.125. The van der Waals surface area contributed by atoms with Crippen molar-refractivity contribution >= 4 is 22.7 Å². The quantitative estimate of drug-likeness (QED) is 0.774. The molecule has 0 radical (unpaired) electrons. The molecular weight excluding hydrogens is 374 g/mol. The molecule has 0 spiro atoms. The predicted molar refractivity (Wildman–Crippen MR) is 118 cm³/mol. The van der Waals surface area contributed by atoms with Gasteiger partial charge in [0, 0.05) is 30.9 Å². The van der Waals surface area contributed by atoms with Crippen LogP contribution in [0, 0.1) is 5.92 Å². The Labute approximate surface area is 175 Å². The number of nitrogens with zero attached hydrogens (tertiary/aromatic N) is 1. The third kappa shape index (κ3) is 2.69. The molecule has 1 unspecified atom stereocenters. The summed E-state index contributed by atoms with van der Waals surface area (Å²) in [5, 5.41) is 6.94. The van der Waals surface area contributed by atoms with Gasteiger partial charge >= 0.3 is 0 Å². The first-order valence-electron chi connectivity index (χ1n) is 10.5. The third-order valence-electron chi connectivity index (χ3n) is 6.46. The van der Waals surface area contributed by atoms with E-state index in [1.165, 1.54) is 11.1 Å². The van der Waals surface area contributed by atoms with Crippen molar-refractivity contribution in [3.8, 4) is 0 Å². The van der Waals surface area contributed by atoms with Gasteiger partial charge in [-0.2, -0.15) is 0 Å². The van der Waals surface area contributed by atoms with Crippen molar-refractivity contribution in [1.82, 2.24) is 15.2 Å².